The number of benzene rings is 3. The van der Waals surface area contributed by atoms with Crippen LogP contribution in [0.5, 0.6) is 11.5 Å². The summed E-state index contributed by atoms with van der Waals surface area (Å²) in [5.41, 5.74) is 2.69. The third-order valence-corrected chi connectivity index (χ3v) is 6.71. The van der Waals surface area contributed by atoms with Gasteiger partial charge in [0, 0.05) is 43.2 Å². The molecule has 1 amide bonds. The maximum Gasteiger partial charge on any atom is 0.254 e. The monoisotopic (exact) mass is 481 g/mol. The number of para-hydroxylation sites is 1. The van der Waals surface area contributed by atoms with Crippen LogP contribution in [0, 0.1) is 0 Å². The lowest BCUT2D eigenvalue weighted by Crippen LogP contribution is -2.49. The summed E-state index contributed by atoms with van der Waals surface area (Å²) < 4.78 is 10.8. The van der Waals surface area contributed by atoms with Crippen LogP contribution in [0.2, 0.25) is 0 Å². The predicted molar refractivity (Wildman–Crippen MR) is 139 cm³/mol. The fourth-order valence-corrected chi connectivity index (χ4v) is 4.67. The van der Waals surface area contributed by atoms with Crippen molar-refractivity contribution in [1.29, 1.82) is 0 Å². The highest BCUT2D eigenvalue weighted by molar-refractivity contribution is 5.95. The Bertz CT molecular complexity index is 1400. The van der Waals surface area contributed by atoms with Gasteiger partial charge in [-0.3, -0.25) is 4.79 Å². The summed E-state index contributed by atoms with van der Waals surface area (Å²) in [5, 5.41) is 4.57. The minimum Gasteiger partial charge on any atom is -0.454 e. The lowest BCUT2D eigenvalue weighted by molar-refractivity contribution is 0.0746. The molecule has 0 saturated carbocycles. The Kier molecular flexibility index (Phi) is 5.77. The van der Waals surface area contributed by atoms with Crippen LogP contribution in [-0.4, -0.2) is 53.7 Å². The largest absolute Gasteiger partial charge is 0.454 e. The predicted octanol–water partition coefficient (Wildman–Crippen LogP) is 4.49. The van der Waals surface area contributed by atoms with Gasteiger partial charge in [-0.25, -0.2) is 4.98 Å². The average Bonchev–Trinajstić information content (AvgIpc) is 3.41. The summed E-state index contributed by atoms with van der Waals surface area (Å²) in [6.45, 7) is 4.81. The first kappa shape index (κ1) is 22.2. The zero-order valence-corrected chi connectivity index (χ0v) is 20.1. The standard InChI is InChI=1S/C28H27N5O3/c1-19(20-7-3-2-4-8-20)29-26-22-9-5-6-10-23(22)30-28(31-26)33-15-13-32(14-16-33)27(34)21-11-12-24-25(17-21)36-18-35-24/h2-12,17,19H,13-16,18H2,1H3,(H,29,30,31). The van der Waals surface area contributed by atoms with Gasteiger partial charge in [-0.1, -0.05) is 42.5 Å². The Hall–Kier alpha value is -4.33. The van der Waals surface area contributed by atoms with E-state index in [1.165, 1.54) is 5.56 Å². The Morgan fingerprint density at radius 1 is 0.889 bits per heavy atom. The average molecular weight is 482 g/mol. The highest BCUT2D eigenvalue weighted by Crippen LogP contribution is 2.33. The lowest BCUT2D eigenvalue weighted by Gasteiger charge is -2.35. The summed E-state index contributed by atoms with van der Waals surface area (Å²) >= 11 is 0. The molecule has 0 bridgehead atoms. The zero-order valence-electron chi connectivity index (χ0n) is 20.1. The summed E-state index contributed by atoms with van der Waals surface area (Å²) in [6, 6.07) is 23.8. The number of hydrogen-bond donors (Lipinski definition) is 1. The van der Waals surface area contributed by atoms with Gasteiger partial charge >= 0.3 is 0 Å². The molecular formula is C28H27N5O3. The molecule has 8 nitrogen and oxygen atoms in total. The molecule has 1 N–H and O–H groups in total. The summed E-state index contributed by atoms with van der Waals surface area (Å²) in [7, 11) is 0. The van der Waals surface area contributed by atoms with Crippen molar-refractivity contribution in [2.24, 2.45) is 0 Å². The maximum atomic E-state index is 13.1. The zero-order chi connectivity index (χ0) is 24.5. The van der Waals surface area contributed by atoms with E-state index in [0.717, 1.165) is 16.7 Å². The number of anilines is 2. The third-order valence-electron chi connectivity index (χ3n) is 6.71. The number of piperazine rings is 1. The number of carbonyl (C=O) groups is 1. The van der Waals surface area contributed by atoms with Crippen LogP contribution in [-0.2, 0) is 0 Å². The quantitative estimate of drug-likeness (QED) is 0.450. The van der Waals surface area contributed by atoms with Crippen LogP contribution in [0.1, 0.15) is 28.9 Å². The van der Waals surface area contributed by atoms with Crippen molar-refractivity contribution in [2.75, 3.05) is 43.2 Å². The van der Waals surface area contributed by atoms with Crippen LogP contribution in [0.4, 0.5) is 11.8 Å². The van der Waals surface area contributed by atoms with Crippen LogP contribution in [0.25, 0.3) is 10.9 Å². The van der Waals surface area contributed by atoms with Crippen LogP contribution in [0.15, 0.2) is 72.8 Å². The first-order valence-electron chi connectivity index (χ1n) is 12.2. The molecule has 1 aromatic heterocycles. The number of fused-ring (bicyclic) bond motifs is 2. The SMILES string of the molecule is CC(Nc1nc(N2CCN(C(=O)c3ccc4c(c3)OCO4)CC2)nc2ccccc12)c1ccccc1. The molecule has 1 saturated heterocycles. The molecule has 36 heavy (non-hydrogen) atoms. The van der Waals surface area contributed by atoms with E-state index in [1.54, 1.807) is 18.2 Å². The first-order chi connectivity index (χ1) is 17.7. The molecule has 0 aliphatic carbocycles. The molecule has 3 aromatic carbocycles. The van der Waals surface area contributed by atoms with Gasteiger partial charge in [-0.15, -0.1) is 0 Å². The molecule has 2 aliphatic heterocycles. The van der Waals surface area contributed by atoms with E-state index >= 15 is 0 Å². The minimum atomic E-state index is -0.00794. The van der Waals surface area contributed by atoms with Crippen molar-refractivity contribution >= 4 is 28.6 Å². The smallest absolute Gasteiger partial charge is 0.254 e. The fourth-order valence-electron chi connectivity index (χ4n) is 4.67. The van der Waals surface area contributed by atoms with Crippen LogP contribution >= 0.6 is 0 Å². The van der Waals surface area contributed by atoms with Crippen molar-refractivity contribution < 1.29 is 14.3 Å². The van der Waals surface area contributed by atoms with Crippen molar-refractivity contribution in [3.8, 4) is 11.5 Å². The molecule has 4 aromatic rings. The molecule has 6 rings (SSSR count). The van der Waals surface area contributed by atoms with Crippen LogP contribution < -0.4 is 19.7 Å². The number of rotatable bonds is 5. The van der Waals surface area contributed by atoms with Gasteiger partial charge < -0.3 is 24.6 Å². The number of ether oxygens (including phenoxy) is 2. The molecule has 2 aliphatic rings. The van der Waals surface area contributed by atoms with E-state index in [1.807, 2.05) is 47.4 Å². The van der Waals surface area contributed by atoms with Crippen molar-refractivity contribution in [1.82, 2.24) is 14.9 Å². The van der Waals surface area contributed by atoms with E-state index in [-0.39, 0.29) is 18.7 Å². The van der Waals surface area contributed by atoms with E-state index in [2.05, 4.69) is 29.3 Å². The number of hydrogen-bond acceptors (Lipinski definition) is 7. The van der Waals surface area contributed by atoms with Gasteiger partial charge in [0.05, 0.1) is 5.52 Å². The molecular weight excluding hydrogens is 454 g/mol. The lowest BCUT2D eigenvalue weighted by atomic mass is 10.1. The van der Waals surface area contributed by atoms with Gasteiger partial charge in [0.1, 0.15) is 5.82 Å². The Labute approximate surface area is 209 Å². The summed E-state index contributed by atoms with van der Waals surface area (Å²) in [5.74, 6) is 2.77. The van der Waals surface area contributed by atoms with E-state index in [4.69, 9.17) is 19.4 Å². The molecule has 1 atom stereocenters. The number of carbonyl (C=O) groups excluding carboxylic acids is 1. The molecule has 0 radical (unpaired) electrons. The van der Waals surface area contributed by atoms with E-state index < -0.39 is 0 Å². The van der Waals surface area contributed by atoms with Crippen molar-refractivity contribution in [3.05, 3.63) is 83.9 Å². The van der Waals surface area contributed by atoms with Crippen molar-refractivity contribution in [3.63, 3.8) is 0 Å². The Balaban J connectivity index is 1.20. The molecule has 182 valence electrons. The Morgan fingerprint density at radius 2 is 1.64 bits per heavy atom. The van der Waals surface area contributed by atoms with E-state index in [9.17, 15) is 4.79 Å². The van der Waals surface area contributed by atoms with Gasteiger partial charge in [-0.2, -0.15) is 4.98 Å². The Morgan fingerprint density at radius 3 is 2.47 bits per heavy atom. The third kappa shape index (κ3) is 4.26. The number of aromatic nitrogens is 2. The number of nitrogens with zero attached hydrogens (tertiary/aromatic N) is 4. The minimum absolute atomic E-state index is 0.00794. The fraction of sp³-hybridized carbons (Fsp3) is 0.250. The maximum absolute atomic E-state index is 13.1. The highest BCUT2D eigenvalue weighted by Gasteiger charge is 2.26. The van der Waals surface area contributed by atoms with E-state index in [0.29, 0.717) is 49.2 Å². The molecule has 8 heteroatoms. The number of nitrogens with one attached hydrogen (secondary N) is 1. The summed E-state index contributed by atoms with van der Waals surface area (Å²) in [6.07, 6.45) is 0. The van der Waals surface area contributed by atoms with Gasteiger partial charge in [0.2, 0.25) is 12.7 Å². The van der Waals surface area contributed by atoms with Gasteiger partial charge in [0.15, 0.2) is 11.5 Å². The molecule has 1 fully saturated rings. The molecule has 1 unspecified atom stereocenters. The second-order valence-electron chi connectivity index (χ2n) is 9.01. The topological polar surface area (TPSA) is 79.8 Å². The first-order valence-corrected chi connectivity index (χ1v) is 12.2. The van der Waals surface area contributed by atoms with Crippen molar-refractivity contribution in [2.45, 2.75) is 13.0 Å². The van der Waals surface area contributed by atoms with Gasteiger partial charge in [-0.05, 0) is 42.8 Å². The molecule has 0 spiro atoms. The van der Waals surface area contributed by atoms with Crippen LogP contribution in [0.3, 0.4) is 0 Å². The summed E-state index contributed by atoms with van der Waals surface area (Å²) in [4.78, 5) is 26.9. The highest BCUT2D eigenvalue weighted by atomic mass is 16.7. The second kappa shape index (κ2) is 9.37. The van der Waals surface area contributed by atoms with Gasteiger partial charge in [0.25, 0.3) is 5.91 Å². The number of amides is 1. The molecule has 3 heterocycles. The normalized spacial score (nSPS) is 15.7. The second-order valence-corrected chi connectivity index (χ2v) is 9.01.